The fourth-order valence-corrected chi connectivity index (χ4v) is 0.509. The van der Waals surface area contributed by atoms with Gasteiger partial charge in [0.2, 0.25) is 0 Å². The molecule has 0 saturated carbocycles. The van der Waals surface area contributed by atoms with E-state index in [1.807, 2.05) is 19.9 Å². The number of hydrogen-bond donors (Lipinski definition) is 0. The zero-order valence-electron chi connectivity index (χ0n) is 6.02. The lowest BCUT2D eigenvalue weighted by Gasteiger charge is -2.00. The maximum absolute atomic E-state index is 12.4. The summed E-state index contributed by atoms with van der Waals surface area (Å²) in [5, 5.41) is 0. The van der Waals surface area contributed by atoms with Gasteiger partial charge in [0.15, 0.2) is 0 Å². The molecule has 0 radical (unpaired) electrons. The molecule has 0 amide bonds. The molecule has 0 bridgehead atoms. The third-order valence-electron chi connectivity index (χ3n) is 1.27. The van der Waals surface area contributed by atoms with Crippen LogP contribution in [-0.2, 0) is 0 Å². The summed E-state index contributed by atoms with van der Waals surface area (Å²) in [4.78, 5) is 0. The molecule has 0 aromatic heterocycles. The minimum absolute atomic E-state index is 0.486. The van der Waals surface area contributed by atoms with Gasteiger partial charge in [-0.05, 0) is 13.8 Å². The van der Waals surface area contributed by atoms with Crippen LogP contribution in [0.5, 0.6) is 0 Å². The van der Waals surface area contributed by atoms with E-state index in [2.05, 4.69) is 6.58 Å². The van der Waals surface area contributed by atoms with Crippen LogP contribution in [0.2, 0.25) is 0 Å². The Bertz CT molecular complexity index is 114. The molecule has 0 nitrogen and oxygen atoms in total. The molecule has 1 heteroatoms. The van der Waals surface area contributed by atoms with E-state index in [-0.39, 0.29) is 0 Å². The standard InChI is InChI=1S/C8H13F/c1-4-7(3)6-8(9)5-2/h4-5,8H,2,6H2,1,3H3/b7-4-. The first-order valence-corrected chi connectivity index (χ1v) is 3.09. The summed E-state index contributed by atoms with van der Waals surface area (Å²) in [7, 11) is 0. The van der Waals surface area contributed by atoms with E-state index in [9.17, 15) is 4.39 Å². The first-order chi connectivity index (χ1) is 4.20. The van der Waals surface area contributed by atoms with Crippen LogP contribution < -0.4 is 0 Å². The average molecular weight is 128 g/mol. The van der Waals surface area contributed by atoms with E-state index in [1.165, 1.54) is 6.08 Å². The van der Waals surface area contributed by atoms with Crippen molar-refractivity contribution in [3.8, 4) is 0 Å². The lowest BCUT2D eigenvalue weighted by Crippen LogP contribution is -1.93. The summed E-state index contributed by atoms with van der Waals surface area (Å²) < 4.78 is 12.4. The lowest BCUT2D eigenvalue weighted by molar-refractivity contribution is 0.398. The van der Waals surface area contributed by atoms with Gasteiger partial charge < -0.3 is 0 Å². The Morgan fingerprint density at radius 3 is 2.67 bits per heavy atom. The highest BCUT2D eigenvalue weighted by molar-refractivity contribution is 5.00. The molecule has 0 fully saturated rings. The van der Waals surface area contributed by atoms with Crippen molar-refractivity contribution < 1.29 is 4.39 Å². The third kappa shape index (κ3) is 3.95. The summed E-state index contributed by atoms with van der Waals surface area (Å²) in [5.41, 5.74) is 1.07. The molecule has 0 aromatic rings. The van der Waals surface area contributed by atoms with E-state index in [1.54, 1.807) is 0 Å². The van der Waals surface area contributed by atoms with E-state index in [4.69, 9.17) is 0 Å². The number of hydrogen-bond acceptors (Lipinski definition) is 0. The van der Waals surface area contributed by atoms with E-state index >= 15 is 0 Å². The molecule has 0 saturated heterocycles. The van der Waals surface area contributed by atoms with Crippen molar-refractivity contribution in [2.75, 3.05) is 0 Å². The molecule has 1 atom stereocenters. The normalized spacial score (nSPS) is 15.2. The fourth-order valence-electron chi connectivity index (χ4n) is 0.509. The van der Waals surface area contributed by atoms with Crippen molar-refractivity contribution in [2.24, 2.45) is 0 Å². The van der Waals surface area contributed by atoms with Crippen LogP contribution in [0.25, 0.3) is 0 Å². The van der Waals surface area contributed by atoms with Crippen molar-refractivity contribution in [3.63, 3.8) is 0 Å². The second kappa shape index (κ2) is 4.30. The highest BCUT2D eigenvalue weighted by Gasteiger charge is 1.98. The molecule has 0 rings (SSSR count). The Kier molecular flexibility index (Phi) is 4.02. The molecule has 52 valence electrons. The Morgan fingerprint density at radius 1 is 1.78 bits per heavy atom. The Morgan fingerprint density at radius 2 is 2.33 bits per heavy atom. The monoisotopic (exact) mass is 128 g/mol. The predicted octanol–water partition coefficient (Wildman–Crippen LogP) is 2.87. The quantitative estimate of drug-likeness (QED) is 0.513. The molecule has 9 heavy (non-hydrogen) atoms. The first-order valence-electron chi connectivity index (χ1n) is 3.09. The van der Waals surface area contributed by atoms with Crippen molar-refractivity contribution >= 4 is 0 Å². The summed E-state index contributed by atoms with van der Waals surface area (Å²) in [6.07, 6.45) is 2.85. The molecular weight excluding hydrogens is 115 g/mol. The minimum Gasteiger partial charge on any atom is -0.243 e. The third-order valence-corrected chi connectivity index (χ3v) is 1.27. The number of halogens is 1. The zero-order valence-corrected chi connectivity index (χ0v) is 6.02. The summed E-state index contributed by atoms with van der Waals surface area (Å²) in [6.45, 7) is 7.17. The van der Waals surface area contributed by atoms with Gasteiger partial charge in [0, 0.05) is 6.42 Å². The van der Waals surface area contributed by atoms with Gasteiger partial charge >= 0.3 is 0 Å². The van der Waals surface area contributed by atoms with E-state index in [0.29, 0.717) is 6.42 Å². The smallest absolute Gasteiger partial charge is 0.122 e. The van der Waals surface area contributed by atoms with Crippen LogP contribution in [0.1, 0.15) is 20.3 Å². The van der Waals surface area contributed by atoms with Crippen LogP contribution in [0, 0.1) is 0 Å². The maximum Gasteiger partial charge on any atom is 0.122 e. The molecule has 0 aromatic carbocycles. The topological polar surface area (TPSA) is 0 Å². The van der Waals surface area contributed by atoms with Gasteiger partial charge in [-0.15, -0.1) is 6.58 Å². The van der Waals surface area contributed by atoms with Crippen molar-refractivity contribution in [1.82, 2.24) is 0 Å². The second-order valence-electron chi connectivity index (χ2n) is 2.09. The van der Waals surface area contributed by atoms with Crippen LogP contribution in [-0.4, -0.2) is 6.17 Å². The van der Waals surface area contributed by atoms with Gasteiger partial charge in [0.1, 0.15) is 6.17 Å². The molecule has 0 aliphatic heterocycles. The molecule has 0 aliphatic rings. The molecule has 1 unspecified atom stereocenters. The first kappa shape index (κ1) is 8.41. The van der Waals surface area contributed by atoms with Crippen LogP contribution in [0.15, 0.2) is 24.3 Å². The predicted molar refractivity (Wildman–Crippen MR) is 39.1 cm³/mol. The molecule has 0 heterocycles. The molecular formula is C8H13F. The molecule has 0 aliphatic carbocycles. The number of allylic oxidation sites excluding steroid dienone is 3. The van der Waals surface area contributed by atoms with E-state index < -0.39 is 6.17 Å². The van der Waals surface area contributed by atoms with Gasteiger partial charge in [-0.3, -0.25) is 0 Å². The van der Waals surface area contributed by atoms with Crippen LogP contribution in [0.3, 0.4) is 0 Å². The van der Waals surface area contributed by atoms with Crippen LogP contribution in [0.4, 0.5) is 4.39 Å². The number of rotatable bonds is 3. The van der Waals surface area contributed by atoms with Gasteiger partial charge in [-0.25, -0.2) is 4.39 Å². The second-order valence-corrected chi connectivity index (χ2v) is 2.09. The van der Waals surface area contributed by atoms with Gasteiger partial charge in [-0.2, -0.15) is 0 Å². The highest BCUT2D eigenvalue weighted by atomic mass is 19.1. The largest absolute Gasteiger partial charge is 0.243 e. The Labute approximate surface area is 56.1 Å². The highest BCUT2D eigenvalue weighted by Crippen LogP contribution is 2.07. The average Bonchev–Trinajstić information content (AvgIpc) is 1.87. The van der Waals surface area contributed by atoms with Crippen LogP contribution >= 0.6 is 0 Å². The SMILES string of the molecule is C=CC(F)C/C(C)=C\C. The Balaban J connectivity index is 3.59. The maximum atomic E-state index is 12.4. The van der Waals surface area contributed by atoms with Gasteiger partial charge in [-0.1, -0.05) is 17.7 Å². The zero-order chi connectivity index (χ0) is 7.28. The van der Waals surface area contributed by atoms with Crippen molar-refractivity contribution in [3.05, 3.63) is 24.3 Å². The van der Waals surface area contributed by atoms with Gasteiger partial charge in [0.25, 0.3) is 0 Å². The summed E-state index contributed by atoms with van der Waals surface area (Å²) >= 11 is 0. The van der Waals surface area contributed by atoms with Gasteiger partial charge in [0.05, 0.1) is 0 Å². The lowest BCUT2D eigenvalue weighted by atomic mass is 10.1. The Hall–Kier alpha value is -0.590. The van der Waals surface area contributed by atoms with E-state index in [0.717, 1.165) is 5.57 Å². The number of alkyl halides is 1. The fraction of sp³-hybridized carbons (Fsp3) is 0.500. The summed E-state index contributed by atoms with van der Waals surface area (Å²) in [5.74, 6) is 0. The van der Waals surface area contributed by atoms with Crippen molar-refractivity contribution in [1.29, 1.82) is 0 Å². The molecule has 0 N–H and O–H groups in total. The minimum atomic E-state index is -0.874. The van der Waals surface area contributed by atoms with Crippen molar-refractivity contribution in [2.45, 2.75) is 26.4 Å². The molecule has 0 spiro atoms. The summed E-state index contributed by atoms with van der Waals surface area (Å²) in [6, 6.07) is 0.